The average molecular weight is 430 g/mol. The third kappa shape index (κ3) is 4.04. The Morgan fingerprint density at radius 3 is 2.18 bits per heavy atom. The van der Waals surface area contributed by atoms with Gasteiger partial charge in [-0.05, 0) is 48.0 Å². The Labute approximate surface area is 167 Å². The second-order valence-electron chi connectivity index (χ2n) is 6.00. The van der Waals surface area contributed by atoms with Gasteiger partial charge in [-0.25, -0.2) is 9.67 Å². The van der Waals surface area contributed by atoms with Crippen molar-refractivity contribution in [3.63, 3.8) is 0 Å². The van der Waals surface area contributed by atoms with E-state index >= 15 is 0 Å². The van der Waals surface area contributed by atoms with E-state index in [1.165, 1.54) is 47.7 Å². The minimum Gasteiger partial charge on any atom is -0.376 e. The van der Waals surface area contributed by atoms with E-state index in [0.717, 1.165) is 12.1 Å². The van der Waals surface area contributed by atoms with Crippen LogP contribution in [0.4, 0.5) is 13.2 Å². The van der Waals surface area contributed by atoms with Crippen LogP contribution in [0.15, 0.2) is 55.1 Å². The molecular weight excluding hydrogens is 418 g/mol. The molecule has 146 valence electrons. The summed E-state index contributed by atoms with van der Waals surface area (Å²) in [6.07, 6.45) is -3.60. The van der Waals surface area contributed by atoms with Crippen molar-refractivity contribution in [2.45, 2.75) is 18.2 Å². The number of halogens is 5. The molecule has 0 aliphatic heterocycles. The average Bonchev–Trinajstić information content (AvgIpc) is 3.14. The minimum atomic E-state index is -5.13. The summed E-state index contributed by atoms with van der Waals surface area (Å²) in [5, 5.41) is 14.2. The Morgan fingerprint density at radius 1 is 1.07 bits per heavy atom. The lowest BCUT2D eigenvalue weighted by Crippen LogP contribution is -2.44. The van der Waals surface area contributed by atoms with Crippen molar-refractivity contribution >= 4 is 29.0 Å². The predicted molar refractivity (Wildman–Crippen MR) is 96.7 cm³/mol. The lowest BCUT2D eigenvalue weighted by molar-refractivity contribution is -0.264. The maximum absolute atomic E-state index is 13.7. The first kappa shape index (κ1) is 20.3. The van der Waals surface area contributed by atoms with Crippen LogP contribution in [-0.4, -0.2) is 31.8 Å². The number of aliphatic hydroxyl groups is 1. The molecule has 5 nitrogen and oxygen atoms in total. The van der Waals surface area contributed by atoms with Crippen molar-refractivity contribution in [3.8, 4) is 5.69 Å². The number of ketones is 1. The molecule has 28 heavy (non-hydrogen) atoms. The van der Waals surface area contributed by atoms with Crippen molar-refractivity contribution in [2.75, 3.05) is 0 Å². The number of Topliss-reactive ketones (excluding diaryl/α,β-unsaturated/α-hetero) is 1. The second kappa shape index (κ2) is 7.54. The van der Waals surface area contributed by atoms with Crippen molar-refractivity contribution in [2.24, 2.45) is 0 Å². The van der Waals surface area contributed by atoms with E-state index in [1.807, 2.05) is 0 Å². The van der Waals surface area contributed by atoms with Gasteiger partial charge in [-0.1, -0.05) is 23.2 Å². The highest BCUT2D eigenvalue weighted by atomic mass is 35.5. The molecule has 0 spiro atoms. The highest BCUT2D eigenvalue weighted by Crippen LogP contribution is 2.43. The molecule has 0 radical (unpaired) electrons. The van der Waals surface area contributed by atoms with Gasteiger partial charge in [-0.2, -0.15) is 18.3 Å². The number of aromatic nitrogens is 3. The van der Waals surface area contributed by atoms with Gasteiger partial charge >= 0.3 is 6.18 Å². The molecule has 0 aliphatic carbocycles. The second-order valence-corrected chi connectivity index (χ2v) is 6.88. The van der Waals surface area contributed by atoms with Gasteiger partial charge in [0, 0.05) is 15.6 Å². The van der Waals surface area contributed by atoms with Crippen LogP contribution in [0, 0.1) is 0 Å². The Bertz CT molecular complexity index is 972. The fourth-order valence-electron chi connectivity index (χ4n) is 2.63. The van der Waals surface area contributed by atoms with Crippen LogP contribution in [0.2, 0.25) is 10.0 Å². The molecule has 0 saturated carbocycles. The van der Waals surface area contributed by atoms with Gasteiger partial charge in [0.05, 0.1) is 12.1 Å². The quantitative estimate of drug-likeness (QED) is 0.601. The first-order chi connectivity index (χ1) is 13.1. The molecule has 0 saturated heterocycles. The fraction of sp³-hybridized carbons (Fsp3) is 0.167. The molecule has 2 aromatic carbocycles. The van der Waals surface area contributed by atoms with Crippen molar-refractivity contribution in [1.29, 1.82) is 0 Å². The first-order valence-electron chi connectivity index (χ1n) is 7.84. The van der Waals surface area contributed by atoms with Crippen LogP contribution in [0.5, 0.6) is 0 Å². The van der Waals surface area contributed by atoms with Gasteiger partial charge in [0.25, 0.3) is 0 Å². The summed E-state index contributed by atoms with van der Waals surface area (Å²) >= 11 is 11.5. The standard InChI is InChI=1S/C18H12Cl2F3N3O2/c19-13-5-12(6-14(20)7-13)17(28,18(21,22)23)8-16(27)11-1-3-15(4-2-11)26-10-24-9-25-26/h1-7,9-10,28H,8H2. The van der Waals surface area contributed by atoms with Gasteiger partial charge < -0.3 is 5.11 Å². The number of hydrogen-bond donors (Lipinski definition) is 1. The normalized spacial score (nSPS) is 13.9. The molecule has 10 heteroatoms. The zero-order valence-electron chi connectivity index (χ0n) is 14.0. The van der Waals surface area contributed by atoms with E-state index in [1.54, 1.807) is 0 Å². The molecule has 1 N–H and O–H groups in total. The number of alkyl halides is 3. The highest BCUT2D eigenvalue weighted by Gasteiger charge is 2.56. The van der Waals surface area contributed by atoms with E-state index in [4.69, 9.17) is 23.2 Å². The number of nitrogens with zero attached hydrogens (tertiary/aromatic N) is 3. The van der Waals surface area contributed by atoms with Gasteiger partial charge in [0.15, 0.2) is 11.4 Å². The summed E-state index contributed by atoms with van der Waals surface area (Å²) in [7, 11) is 0. The SMILES string of the molecule is O=C(CC(O)(c1cc(Cl)cc(Cl)c1)C(F)(F)F)c1ccc(-n2cncn2)cc1. The molecular formula is C18H12Cl2F3N3O2. The molecule has 0 bridgehead atoms. The molecule has 1 heterocycles. The van der Waals surface area contributed by atoms with Crippen LogP contribution in [0.3, 0.4) is 0 Å². The number of hydrogen-bond acceptors (Lipinski definition) is 4. The molecule has 0 fully saturated rings. The molecule has 0 aliphatic rings. The predicted octanol–water partition coefficient (Wildman–Crippen LogP) is 4.60. The van der Waals surface area contributed by atoms with Crippen LogP contribution in [0.25, 0.3) is 5.69 Å². The Hall–Kier alpha value is -2.42. The summed E-state index contributed by atoms with van der Waals surface area (Å²) in [6, 6.07) is 8.80. The number of carbonyl (C=O) groups is 1. The molecule has 3 aromatic rings. The van der Waals surface area contributed by atoms with E-state index in [9.17, 15) is 23.1 Å². The van der Waals surface area contributed by atoms with Crippen LogP contribution in [0.1, 0.15) is 22.3 Å². The summed E-state index contributed by atoms with van der Waals surface area (Å²) in [5.74, 6) is -0.902. The summed E-state index contributed by atoms with van der Waals surface area (Å²) < 4.78 is 42.4. The Balaban J connectivity index is 1.92. The summed E-state index contributed by atoms with van der Waals surface area (Å²) in [5.41, 5.74) is -3.48. The molecule has 3 rings (SSSR count). The maximum atomic E-state index is 13.7. The van der Waals surface area contributed by atoms with Crippen molar-refractivity contribution in [1.82, 2.24) is 14.8 Å². The van der Waals surface area contributed by atoms with Crippen LogP contribution >= 0.6 is 23.2 Å². The summed E-state index contributed by atoms with van der Waals surface area (Å²) in [4.78, 5) is 16.3. The fourth-order valence-corrected chi connectivity index (χ4v) is 3.16. The van der Waals surface area contributed by atoms with Gasteiger partial charge in [-0.3, -0.25) is 4.79 Å². The largest absolute Gasteiger partial charge is 0.421 e. The van der Waals surface area contributed by atoms with Crippen LogP contribution in [-0.2, 0) is 5.60 Å². The van der Waals surface area contributed by atoms with Gasteiger partial charge in [-0.15, -0.1) is 0 Å². The zero-order chi connectivity index (χ0) is 20.5. The molecule has 1 unspecified atom stereocenters. The molecule has 1 aromatic heterocycles. The number of carbonyl (C=O) groups excluding carboxylic acids is 1. The lowest BCUT2D eigenvalue weighted by atomic mass is 9.86. The zero-order valence-corrected chi connectivity index (χ0v) is 15.5. The Morgan fingerprint density at radius 2 is 1.68 bits per heavy atom. The first-order valence-corrected chi connectivity index (χ1v) is 8.60. The maximum Gasteiger partial charge on any atom is 0.421 e. The van der Waals surface area contributed by atoms with E-state index in [0.29, 0.717) is 5.69 Å². The van der Waals surface area contributed by atoms with E-state index in [2.05, 4.69) is 10.1 Å². The van der Waals surface area contributed by atoms with E-state index < -0.39 is 29.5 Å². The lowest BCUT2D eigenvalue weighted by Gasteiger charge is -2.30. The minimum absolute atomic E-state index is 0.000310. The monoisotopic (exact) mass is 429 g/mol. The molecule has 0 amide bonds. The molecule has 1 atom stereocenters. The number of benzene rings is 2. The topological polar surface area (TPSA) is 68.0 Å². The van der Waals surface area contributed by atoms with Crippen LogP contribution < -0.4 is 0 Å². The highest BCUT2D eigenvalue weighted by molar-refractivity contribution is 6.34. The Kier molecular flexibility index (Phi) is 5.47. The third-order valence-electron chi connectivity index (χ3n) is 4.10. The van der Waals surface area contributed by atoms with Gasteiger partial charge in [0.1, 0.15) is 12.7 Å². The summed E-state index contributed by atoms with van der Waals surface area (Å²) in [6.45, 7) is 0. The van der Waals surface area contributed by atoms with Crippen molar-refractivity contribution < 1.29 is 23.1 Å². The van der Waals surface area contributed by atoms with Gasteiger partial charge in [0.2, 0.25) is 0 Å². The number of rotatable bonds is 5. The third-order valence-corrected chi connectivity index (χ3v) is 4.53. The van der Waals surface area contributed by atoms with Crippen molar-refractivity contribution in [3.05, 3.63) is 76.3 Å². The van der Waals surface area contributed by atoms with E-state index in [-0.39, 0.29) is 15.6 Å². The smallest absolute Gasteiger partial charge is 0.376 e.